The van der Waals surface area contributed by atoms with Gasteiger partial charge in [-0.3, -0.25) is 0 Å². The monoisotopic (exact) mass is 106 g/mol. The lowest BCUT2D eigenvalue weighted by atomic mass is 10.9. The molecule has 7 heavy (non-hydrogen) atoms. The number of hydrogen-bond donors (Lipinski definition) is 1. The average molecular weight is 106 g/mol. The average Bonchev–Trinajstić information content (AvgIpc) is 2.42. The molecule has 0 spiro atoms. The molecule has 0 aromatic carbocycles. The van der Waals surface area contributed by atoms with E-state index in [1.165, 1.54) is 0 Å². The van der Waals surface area contributed by atoms with Gasteiger partial charge in [-0.2, -0.15) is 0 Å². The van der Waals surface area contributed by atoms with E-state index in [0.717, 1.165) is 12.8 Å². The summed E-state index contributed by atoms with van der Waals surface area (Å²) in [6.07, 6.45) is 2.12. The van der Waals surface area contributed by atoms with Gasteiger partial charge in [-0.1, -0.05) is 0 Å². The summed E-state index contributed by atoms with van der Waals surface area (Å²) in [6, 6.07) is 0. The second-order valence-corrected chi connectivity index (χ2v) is 1.44. The van der Waals surface area contributed by atoms with Crippen LogP contribution in [0.3, 0.4) is 0 Å². The largest absolute Gasteiger partial charge is 0.219 e. The molecule has 0 atom stereocenters. The van der Waals surface area contributed by atoms with E-state index < -0.39 is 0 Å². The highest BCUT2D eigenvalue weighted by molar-refractivity contribution is 4.70. The predicted molar refractivity (Wildman–Crippen MR) is 18.9 cm³/mol. The standard InChI is InChI=1S/C3H6O4/c4-6-7-5-3-1-2-3/h3-4H,1-2H2. The third-order valence-corrected chi connectivity index (χ3v) is 0.730. The van der Waals surface area contributed by atoms with Gasteiger partial charge in [0.1, 0.15) is 0 Å². The summed E-state index contributed by atoms with van der Waals surface area (Å²) in [4.78, 5) is 4.33. The van der Waals surface area contributed by atoms with Crippen molar-refractivity contribution in [1.82, 2.24) is 0 Å². The molecule has 0 radical (unpaired) electrons. The summed E-state index contributed by atoms with van der Waals surface area (Å²) < 4.78 is 0. The third kappa shape index (κ3) is 1.84. The number of hydrogen-bond acceptors (Lipinski definition) is 4. The zero-order chi connectivity index (χ0) is 5.11. The minimum atomic E-state index is 0.146. The molecular formula is C3H6O4. The van der Waals surface area contributed by atoms with Gasteiger partial charge in [-0.05, 0) is 22.9 Å². The summed E-state index contributed by atoms with van der Waals surface area (Å²) >= 11 is 0. The Morgan fingerprint density at radius 2 is 2.14 bits per heavy atom. The zero-order valence-electron chi connectivity index (χ0n) is 3.66. The van der Waals surface area contributed by atoms with Crippen molar-refractivity contribution >= 4 is 0 Å². The molecule has 0 amide bonds. The molecule has 4 heteroatoms. The van der Waals surface area contributed by atoms with Crippen LogP contribution in [-0.2, 0) is 15.0 Å². The van der Waals surface area contributed by atoms with E-state index in [2.05, 4.69) is 15.0 Å². The van der Waals surface area contributed by atoms with Gasteiger partial charge in [-0.25, -0.2) is 10.1 Å². The molecule has 1 fully saturated rings. The number of rotatable bonds is 3. The van der Waals surface area contributed by atoms with Crippen molar-refractivity contribution < 1.29 is 20.2 Å². The normalized spacial score (nSPS) is 20.1. The first kappa shape index (κ1) is 4.99. The Morgan fingerprint density at radius 3 is 2.57 bits per heavy atom. The first-order valence-electron chi connectivity index (χ1n) is 2.07. The van der Waals surface area contributed by atoms with Crippen molar-refractivity contribution in [2.75, 3.05) is 0 Å². The summed E-state index contributed by atoms with van der Waals surface area (Å²) in [6.45, 7) is 0. The van der Waals surface area contributed by atoms with E-state index in [1.807, 2.05) is 0 Å². The second kappa shape index (κ2) is 2.23. The summed E-state index contributed by atoms with van der Waals surface area (Å²) in [5.74, 6) is 0. The Labute approximate surface area is 40.4 Å². The molecule has 1 rings (SSSR count). The smallest absolute Gasteiger partial charge is 0.0964 e. The van der Waals surface area contributed by atoms with Crippen LogP contribution in [0.25, 0.3) is 0 Å². The van der Waals surface area contributed by atoms with Gasteiger partial charge in [0.05, 0.1) is 6.10 Å². The highest BCUT2D eigenvalue weighted by Gasteiger charge is 2.23. The maximum atomic E-state index is 7.50. The molecule has 0 aliphatic heterocycles. The Balaban J connectivity index is 1.80. The first-order valence-corrected chi connectivity index (χ1v) is 2.07. The lowest BCUT2D eigenvalue weighted by Gasteiger charge is -1.90. The van der Waals surface area contributed by atoms with Crippen molar-refractivity contribution in [2.45, 2.75) is 18.9 Å². The Kier molecular flexibility index (Phi) is 1.59. The molecule has 0 bridgehead atoms. The minimum absolute atomic E-state index is 0.146. The van der Waals surface area contributed by atoms with Crippen LogP contribution in [-0.4, -0.2) is 11.4 Å². The van der Waals surface area contributed by atoms with E-state index in [9.17, 15) is 0 Å². The molecule has 0 aromatic heterocycles. The van der Waals surface area contributed by atoms with Crippen LogP contribution in [0.4, 0.5) is 0 Å². The summed E-state index contributed by atoms with van der Waals surface area (Å²) in [5.41, 5.74) is 0. The molecule has 42 valence electrons. The fourth-order valence-corrected chi connectivity index (χ4v) is 0.237. The van der Waals surface area contributed by atoms with Crippen LogP contribution in [0.15, 0.2) is 0 Å². The summed E-state index contributed by atoms with van der Waals surface area (Å²) in [5, 5.41) is 14.4. The van der Waals surface area contributed by atoms with Crippen LogP contribution in [0, 0.1) is 0 Å². The highest BCUT2D eigenvalue weighted by Crippen LogP contribution is 2.23. The van der Waals surface area contributed by atoms with Gasteiger partial charge < -0.3 is 0 Å². The van der Waals surface area contributed by atoms with E-state index in [0.29, 0.717) is 0 Å². The minimum Gasteiger partial charge on any atom is -0.219 e. The van der Waals surface area contributed by atoms with Crippen molar-refractivity contribution in [1.29, 1.82) is 0 Å². The molecule has 4 nitrogen and oxygen atoms in total. The lowest BCUT2D eigenvalue weighted by molar-refractivity contribution is -0.626. The van der Waals surface area contributed by atoms with Crippen LogP contribution >= 0.6 is 0 Å². The Hall–Kier alpha value is -0.160. The van der Waals surface area contributed by atoms with E-state index >= 15 is 0 Å². The van der Waals surface area contributed by atoms with Crippen molar-refractivity contribution in [3.8, 4) is 0 Å². The Morgan fingerprint density at radius 1 is 1.43 bits per heavy atom. The maximum Gasteiger partial charge on any atom is 0.0964 e. The van der Waals surface area contributed by atoms with Crippen molar-refractivity contribution in [2.24, 2.45) is 0 Å². The van der Waals surface area contributed by atoms with Crippen molar-refractivity contribution in [3.63, 3.8) is 0 Å². The van der Waals surface area contributed by atoms with Gasteiger partial charge in [0.2, 0.25) is 0 Å². The van der Waals surface area contributed by atoms with Gasteiger partial charge in [0.15, 0.2) is 0 Å². The fraction of sp³-hybridized carbons (Fsp3) is 1.00. The van der Waals surface area contributed by atoms with Gasteiger partial charge >= 0.3 is 0 Å². The topological polar surface area (TPSA) is 47.9 Å². The SMILES string of the molecule is OOOOC1CC1. The quantitative estimate of drug-likeness (QED) is 0.420. The lowest BCUT2D eigenvalue weighted by Crippen LogP contribution is -1.93. The molecule has 1 saturated carbocycles. The van der Waals surface area contributed by atoms with Gasteiger partial charge in [-0.15, -0.1) is 0 Å². The molecule has 1 aliphatic rings. The van der Waals surface area contributed by atoms with Crippen LogP contribution in [0.2, 0.25) is 0 Å². The molecule has 0 saturated heterocycles. The predicted octanol–water partition coefficient (Wildman–Crippen LogP) is 0.502. The van der Waals surface area contributed by atoms with E-state index in [4.69, 9.17) is 5.26 Å². The first-order chi connectivity index (χ1) is 3.43. The third-order valence-electron chi connectivity index (χ3n) is 0.730. The molecule has 0 aromatic rings. The van der Waals surface area contributed by atoms with Crippen LogP contribution in [0.5, 0.6) is 0 Å². The van der Waals surface area contributed by atoms with Crippen LogP contribution < -0.4 is 0 Å². The van der Waals surface area contributed by atoms with E-state index in [-0.39, 0.29) is 6.10 Å². The molecule has 1 N–H and O–H groups in total. The highest BCUT2D eigenvalue weighted by atomic mass is 17.6. The summed E-state index contributed by atoms with van der Waals surface area (Å²) in [7, 11) is 0. The van der Waals surface area contributed by atoms with E-state index in [1.54, 1.807) is 0 Å². The molecule has 0 heterocycles. The molecule has 1 aliphatic carbocycles. The maximum absolute atomic E-state index is 7.50. The van der Waals surface area contributed by atoms with Crippen molar-refractivity contribution in [3.05, 3.63) is 0 Å². The van der Waals surface area contributed by atoms with Gasteiger partial charge in [0.25, 0.3) is 0 Å². The van der Waals surface area contributed by atoms with Gasteiger partial charge in [0, 0.05) is 0 Å². The zero-order valence-corrected chi connectivity index (χ0v) is 3.66. The Bertz CT molecular complexity index is 50.9. The molecule has 0 unspecified atom stereocenters. The fourth-order valence-electron chi connectivity index (χ4n) is 0.237. The second-order valence-electron chi connectivity index (χ2n) is 1.44. The van der Waals surface area contributed by atoms with Crippen LogP contribution in [0.1, 0.15) is 12.8 Å². The molecular weight excluding hydrogens is 100 g/mol.